The molecule has 2 aliphatic rings. The van der Waals surface area contributed by atoms with E-state index in [4.69, 9.17) is 19.2 Å². The summed E-state index contributed by atoms with van der Waals surface area (Å²) in [6.07, 6.45) is 4.93. The van der Waals surface area contributed by atoms with Crippen LogP contribution in [0.4, 0.5) is 11.5 Å². The Morgan fingerprint density at radius 1 is 0.969 bits per heavy atom. The Labute approximate surface area is 187 Å². The van der Waals surface area contributed by atoms with Crippen LogP contribution in [0.25, 0.3) is 10.9 Å². The van der Waals surface area contributed by atoms with Gasteiger partial charge in [-0.2, -0.15) is 0 Å². The fourth-order valence-electron chi connectivity index (χ4n) is 4.16. The Hall–Kier alpha value is -3.48. The Morgan fingerprint density at radius 2 is 1.78 bits per heavy atom. The first-order chi connectivity index (χ1) is 15.8. The predicted molar refractivity (Wildman–Crippen MR) is 124 cm³/mol. The van der Waals surface area contributed by atoms with Crippen molar-refractivity contribution in [1.29, 1.82) is 0 Å². The summed E-state index contributed by atoms with van der Waals surface area (Å²) < 4.78 is 17.0. The highest BCUT2D eigenvalue weighted by molar-refractivity contribution is 5.93. The standard InChI is InChI=1S/C25H27N3O4/c29-24(26-19-9-10-20-22(16-19)31-15-14-30-20)17-32-21-7-5-6-18-8-11-23(27-25(18)21)28-12-3-1-2-4-13-28/h5-11,16H,1-4,12-15,17H2,(H,26,29). The van der Waals surface area contributed by atoms with Gasteiger partial charge in [0.2, 0.25) is 0 Å². The highest BCUT2D eigenvalue weighted by atomic mass is 16.6. The van der Waals surface area contributed by atoms with Crippen LogP contribution < -0.4 is 24.4 Å². The van der Waals surface area contributed by atoms with Gasteiger partial charge in [0.15, 0.2) is 18.1 Å². The first kappa shape index (κ1) is 20.4. The molecule has 0 spiro atoms. The second kappa shape index (κ2) is 9.34. The topological polar surface area (TPSA) is 72.9 Å². The van der Waals surface area contributed by atoms with Gasteiger partial charge < -0.3 is 24.4 Å². The Bertz CT molecular complexity index is 1110. The molecule has 2 aromatic carbocycles. The normalized spacial score (nSPS) is 15.8. The van der Waals surface area contributed by atoms with Gasteiger partial charge in [-0.1, -0.05) is 25.0 Å². The number of anilines is 2. The third-order valence-electron chi connectivity index (χ3n) is 5.78. The number of nitrogens with zero attached hydrogens (tertiary/aromatic N) is 2. The second-order valence-electron chi connectivity index (χ2n) is 8.09. The smallest absolute Gasteiger partial charge is 0.262 e. The van der Waals surface area contributed by atoms with E-state index < -0.39 is 0 Å². The van der Waals surface area contributed by atoms with Crippen molar-refractivity contribution < 1.29 is 19.0 Å². The molecule has 0 aliphatic carbocycles. The van der Waals surface area contributed by atoms with Gasteiger partial charge in [-0.25, -0.2) is 4.98 Å². The molecule has 7 nitrogen and oxygen atoms in total. The molecule has 0 bridgehead atoms. The van der Waals surface area contributed by atoms with Crippen LogP contribution in [0.2, 0.25) is 0 Å². The molecule has 0 unspecified atom stereocenters. The van der Waals surface area contributed by atoms with Crippen molar-refractivity contribution in [3.8, 4) is 17.2 Å². The summed E-state index contributed by atoms with van der Waals surface area (Å²) in [4.78, 5) is 19.7. The molecule has 2 aliphatic heterocycles. The lowest BCUT2D eigenvalue weighted by Gasteiger charge is -2.22. The molecule has 5 rings (SSSR count). The third-order valence-corrected chi connectivity index (χ3v) is 5.78. The number of para-hydroxylation sites is 1. The molecule has 0 saturated carbocycles. The van der Waals surface area contributed by atoms with Crippen molar-refractivity contribution in [1.82, 2.24) is 4.98 Å². The van der Waals surface area contributed by atoms with Crippen molar-refractivity contribution in [2.45, 2.75) is 25.7 Å². The van der Waals surface area contributed by atoms with Crippen molar-refractivity contribution in [3.63, 3.8) is 0 Å². The average molecular weight is 434 g/mol. The summed E-state index contributed by atoms with van der Waals surface area (Å²) in [5, 5.41) is 3.85. The van der Waals surface area contributed by atoms with Crippen LogP contribution in [-0.2, 0) is 4.79 Å². The molecule has 1 fully saturated rings. The quantitative estimate of drug-likeness (QED) is 0.643. The Morgan fingerprint density at radius 3 is 2.62 bits per heavy atom. The molecular weight excluding hydrogens is 406 g/mol. The maximum absolute atomic E-state index is 12.5. The fraction of sp³-hybridized carbons (Fsp3) is 0.360. The molecule has 0 atom stereocenters. The third kappa shape index (κ3) is 4.56. The minimum atomic E-state index is -0.248. The molecule has 166 valence electrons. The highest BCUT2D eigenvalue weighted by Crippen LogP contribution is 2.32. The number of pyridine rings is 1. The Kier molecular flexibility index (Phi) is 5.96. The molecule has 7 heteroatoms. The van der Waals surface area contributed by atoms with Crippen LogP contribution in [0.5, 0.6) is 17.2 Å². The van der Waals surface area contributed by atoms with Crippen LogP contribution in [0.15, 0.2) is 48.5 Å². The molecule has 3 heterocycles. The van der Waals surface area contributed by atoms with Gasteiger partial charge in [-0.3, -0.25) is 4.79 Å². The number of rotatable bonds is 5. The lowest BCUT2D eigenvalue weighted by atomic mass is 10.2. The predicted octanol–water partition coefficient (Wildman–Crippen LogP) is 4.40. The van der Waals surface area contributed by atoms with Crippen molar-refractivity contribution in [3.05, 3.63) is 48.5 Å². The van der Waals surface area contributed by atoms with E-state index in [2.05, 4.69) is 22.3 Å². The largest absolute Gasteiger partial charge is 0.486 e. The molecule has 0 radical (unpaired) electrons. The zero-order valence-electron chi connectivity index (χ0n) is 18.0. The number of hydrogen-bond acceptors (Lipinski definition) is 6. The van der Waals surface area contributed by atoms with E-state index in [0.717, 1.165) is 29.8 Å². The van der Waals surface area contributed by atoms with Crippen LogP contribution in [0, 0.1) is 0 Å². The molecule has 1 amide bonds. The molecule has 1 saturated heterocycles. The van der Waals surface area contributed by atoms with Crippen LogP contribution in [0.1, 0.15) is 25.7 Å². The number of carbonyl (C=O) groups is 1. The summed E-state index contributed by atoms with van der Waals surface area (Å²) in [6, 6.07) is 15.3. The molecule has 1 aromatic heterocycles. The summed E-state index contributed by atoms with van der Waals surface area (Å²) in [6.45, 7) is 2.98. The van der Waals surface area contributed by atoms with Crippen LogP contribution >= 0.6 is 0 Å². The number of amides is 1. The van der Waals surface area contributed by atoms with E-state index in [0.29, 0.717) is 36.1 Å². The fourth-order valence-corrected chi connectivity index (χ4v) is 4.16. The summed E-state index contributed by atoms with van der Waals surface area (Å²) >= 11 is 0. The van der Waals surface area contributed by atoms with Gasteiger partial charge in [-0.05, 0) is 43.2 Å². The molecule has 3 aromatic rings. The summed E-state index contributed by atoms with van der Waals surface area (Å²) in [5.74, 6) is 2.65. The minimum Gasteiger partial charge on any atom is -0.486 e. The molecule has 32 heavy (non-hydrogen) atoms. The first-order valence-electron chi connectivity index (χ1n) is 11.2. The van der Waals surface area contributed by atoms with Gasteiger partial charge in [0.05, 0.1) is 0 Å². The van der Waals surface area contributed by atoms with Crippen LogP contribution in [0.3, 0.4) is 0 Å². The van der Waals surface area contributed by atoms with Gasteiger partial charge in [0.1, 0.15) is 30.3 Å². The van der Waals surface area contributed by atoms with E-state index in [1.54, 1.807) is 18.2 Å². The number of fused-ring (bicyclic) bond motifs is 2. The lowest BCUT2D eigenvalue weighted by Crippen LogP contribution is -2.24. The molecular formula is C25H27N3O4. The summed E-state index contributed by atoms with van der Waals surface area (Å²) in [7, 11) is 0. The van der Waals surface area contributed by atoms with Gasteiger partial charge >= 0.3 is 0 Å². The van der Waals surface area contributed by atoms with Crippen LogP contribution in [-0.4, -0.2) is 43.8 Å². The minimum absolute atomic E-state index is 0.108. The molecule has 1 N–H and O–H groups in total. The van der Waals surface area contributed by atoms with Crippen molar-refractivity contribution in [2.75, 3.05) is 43.1 Å². The van der Waals surface area contributed by atoms with E-state index in [1.807, 2.05) is 18.2 Å². The van der Waals surface area contributed by atoms with Crippen molar-refractivity contribution >= 4 is 28.3 Å². The number of nitrogens with one attached hydrogen (secondary N) is 1. The van der Waals surface area contributed by atoms with E-state index >= 15 is 0 Å². The number of ether oxygens (including phenoxy) is 3. The van der Waals surface area contributed by atoms with E-state index in [9.17, 15) is 4.79 Å². The monoisotopic (exact) mass is 433 g/mol. The van der Waals surface area contributed by atoms with Crippen molar-refractivity contribution in [2.24, 2.45) is 0 Å². The van der Waals surface area contributed by atoms with E-state index in [-0.39, 0.29) is 12.5 Å². The second-order valence-corrected chi connectivity index (χ2v) is 8.09. The number of benzene rings is 2. The maximum Gasteiger partial charge on any atom is 0.262 e. The number of hydrogen-bond donors (Lipinski definition) is 1. The number of aromatic nitrogens is 1. The zero-order chi connectivity index (χ0) is 21.8. The maximum atomic E-state index is 12.5. The number of carbonyl (C=O) groups excluding carboxylic acids is 1. The summed E-state index contributed by atoms with van der Waals surface area (Å²) in [5.41, 5.74) is 1.42. The SMILES string of the molecule is O=C(COc1cccc2ccc(N3CCCCCC3)nc12)Nc1ccc2c(c1)OCCO2. The first-order valence-corrected chi connectivity index (χ1v) is 11.2. The zero-order valence-corrected chi connectivity index (χ0v) is 18.0. The van der Waals surface area contributed by atoms with E-state index in [1.165, 1.54) is 25.7 Å². The Balaban J connectivity index is 1.28. The lowest BCUT2D eigenvalue weighted by molar-refractivity contribution is -0.118. The average Bonchev–Trinajstić information content (AvgIpc) is 3.12. The van der Waals surface area contributed by atoms with Gasteiger partial charge in [0.25, 0.3) is 5.91 Å². The van der Waals surface area contributed by atoms with Gasteiger partial charge in [0, 0.05) is 30.2 Å². The van der Waals surface area contributed by atoms with Gasteiger partial charge in [-0.15, -0.1) is 0 Å². The highest BCUT2D eigenvalue weighted by Gasteiger charge is 2.15.